The lowest BCUT2D eigenvalue weighted by Crippen LogP contribution is -2.68. The monoisotopic (exact) mass is 338 g/mol. The van der Waals surface area contributed by atoms with E-state index in [9.17, 15) is 0 Å². The molecule has 0 bridgehead atoms. The van der Waals surface area contributed by atoms with Crippen LogP contribution < -0.4 is 18.6 Å². The standard InChI is InChI=1S/C17H19O.ClHO4/c1-2-16-15-11-7-6-10-14(15)12-17(18-16)13-8-4-3-5-9-13;2-1(3,4)5/h3-5,8-9,12H,2,6-7,10-11H2,1H3;(H,2,3,4,5)/q+1;/p-1. The van der Waals surface area contributed by atoms with E-state index in [0.29, 0.717) is 0 Å². The third-order valence-corrected chi connectivity index (χ3v) is 3.77. The fourth-order valence-electron chi connectivity index (χ4n) is 2.82. The molecule has 0 saturated carbocycles. The normalized spacial score (nSPS) is 13.8. The van der Waals surface area contributed by atoms with Gasteiger partial charge in [0.05, 0.1) is 17.5 Å². The zero-order valence-corrected chi connectivity index (χ0v) is 13.7. The zero-order valence-electron chi connectivity index (χ0n) is 12.9. The van der Waals surface area contributed by atoms with Crippen molar-refractivity contribution < 1.29 is 33.3 Å². The van der Waals surface area contributed by atoms with E-state index in [2.05, 4.69) is 37.3 Å². The average Bonchev–Trinajstić information content (AvgIpc) is 2.53. The van der Waals surface area contributed by atoms with Gasteiger partial charge < -0.3 is 0 Å². The highest BCUT2D eigenvalue weighted by atomic mass is 35.7. The Morgan fingerprint density at radius 2 is 1.61 bits per heavy atom. The van der Waals surface area contributed by atoms with E-state index in [1.165, 1.54) is 48.1 Å². The molecule has 0 saturated heterocycles. The number of halogens is 1. The summed E-state index contributed by atoms with van der Waals surface area (Å²) in [6.07, 6.45) is 6.01. The quantitative estimate of drug-likeness (QED) is 0.712. The molecule has 1 aliphatic rings. The fraction of sp³-hybridized carbons (Fsp3) is 0.353. The molecule has 0 spiro atoms. The van der Waals surface area contributed by atoms with Crippen LogP contribution in [0, 0.1) is 10.2 Å². The van der Waals surface area contributed by atoms with Gasteiger partial charge in [-0.1, -0.05) is 25.1 Å². The van der Waals surface area contributed by atoms with Crippen molar-refractivity contribution in [3.05, 3.63) is 53.3 Å². The molecule has 0 unspecified atom stereocenters. The van der Waals surface area contributed by atoms with Crippen LogP contribution in [0.15, 0.2) is 40.8 Å². The highest BCUT2D eigenvalue weighted by molar-refractivity contribution is 5.58. The number of fused-ring (bicyclic) bond motifs is 1. The van der Waals surface area contributed by atoms with Crippen molar-refractivity contribution in [3.63, 3.8) is 0 Å². The first-order chi connectivity index (χ1) is 10.9. The Labute approximate surface area is 137 Å². The van der Waals surface area contributed by atoms with E-state index in [1.54, 1.807) is 0 Å². The van der Waals surface area contributed by atoms with Crippen molar-refractivity contribution in [1.29, 1.82) is 0 Å². The summed E-state index contributed by atoms with van der Waals surface area (Å²) in [6.45, 7) is 2.18. The van der Waals surface area contributed by atoms with E-state index >= 15 is 0 Å². The molecule has 0 atom stereocenters. The van der Waals surface area contributed by atoms with E-state index in [1.807, 2.05) is 6.07 Å². The number of aryl methyl sites for hydroxylation is 2. The van der Waals surface area contributed by atoms with Gasteiger partial charge in [0, 0.05) is 6.07 Å². The molecule has 0 fully saturated rings. The molecule has 124 valence electrons. The lowest BCUT2D eigenvalue weighted by molar-refractivity contribution is -2.00. The summed E-state index contributed by atoms with van der Waals surface area (Å²) in [4.78, 5) is 0. The molecule has 1 aliphatic carbocycles. The number of benzene rings is 1. The Balaban J connectivity index is 0.000000338. The Hall–Kier alpha value is -1.50. The molecule has 5 nitrogen and oxygen atoms in total. The van der Waals surface area contributed by atoms with Crippen LogP contribution in [0.1, 0.15) is 36.7 Å². The van der Waals surface area contributed by atoms with Crippen LogP contribution >= 0.6 is 0 Å². The number of hydrogen-bond donors (Lipinski definition) is 0. The number of rotatable bonds is 2. The molecular weight excluding hydrogens is 320 g/mol. The molecule has 0 aliphatic heterocycles. The van der Waals surface area contributed by atoms with Gasteiger partial charge in [-0.05, 0) is 43.4 Å². The predicted octanol–water partition coefficient (Wildman–Crippen LogP) is -0.0871. The topological polar surface area (TPSA) is 104 Å². The maximum Gasteiger partial charge on any atom is 0.360 e. The van der Waals surface area contributed by atoms with Gasteiger partial charge in [-0.2, -0.15) is 0 Å². The molecule has 0 N–H and O–H groups in total. The van der Waals surface area contributed by atoms with Gasteiger partial charge in [-0.25, -0.2) is 23.1 Å². The van der Waals surface area contributed by atoms with Crippen molar-refractivity contribution in [2.45, 2.75) is 39.0 Å². The smallest absolute Gasteiger partial charge is 0.222 e. The van der Waals surface area contributed by atoms with Crippen LogP contribution in [0.3, 0.4) is 0 Å². The second-order valence-corrected chi connectivity index (χ2v) is 6.10. The third kappa shape index (κ3) is 5.57. The highest BCUT2D eigenvalue weighted by Gasteiger charge is 2.25. The maximum absolute atomic E-state index is 8.49. The minimum Gasteiger partial charge on any atom is -0.222 e. The largest absolute Gasteiger partial charge is 0.360 e. The van der Waals surface area contributed by atoms with E-state index in [-0.39, 0.29) is 0 Å². The molecule has 1 aromatic heterocycles. The second-order valence-electron chi connectivity index (χ2n) is 5.34. The molecule has 0 radical (unpaired) electrons. The van der Waals surface area contributed by atoms with Gasteiger partial charge in [0.25, 0.3) is 0 Å². The van der Waals surface area contributed by atoms with Gasteiger partial charge in [0.2, 0.25) is 0 Å². The Kier molecular flexibility index (Phi) is 6.10. The lowest BCUT2D eigenvalue weighted by Gasteiger charge is -2.17. The van der Waals surface area contributed by atoms with Crippen LogP contribution in [-0.2, 0) is 19.3 Å². The average molecular weight is 339 g/mol. The molecular formula is C17H19ClO5. The maximum atomic E-state index is 8.49. The lowest BCUT2D eigenvalue weighted by atomic mass is 9.90. The molecule has 0 amide bonds. The van der Waals surface area contributed by atoms with E-state index in [0.717, 1.165) is 12.2 Å². The van der Waals surface area contributed by atoms with Crippen LogP contribution in [0.5, 0.6) is 0 Å². The summed E-state index contributed by atoms with van der Waals surface area (Å²) in [5.74, 6) is 2.21. The van der Waals surface area contributed by atoms with Crippen LogP contribution in [0.4, 0.5) is 0 Å². The summed E-state index contributed by atoms with van der Waals surface area (Å²) >= 11 is 0. The van der Waals surface area contributed by atoms with Gasteiger partial charge in [-0.15, -0.1) is 10.2 Å². The molecule has 1 heterocycles. The van der Waals surface area contributed by atoms with Crippen molar-refractivity contribution in [2.24, 2.45) is 0 Å². The van der Waals surface area contributed by atoms with Crippen LogP contribution in [0.2, 0.25) is 0 Å². The predicted molar refractivity (Wildman–Crippen MR) is 74.6 cm³/mol. The summed E-state index contributed by atoms with van der Waals surface area (Å²) in [5, 5.41) is 0. The molecule has 3 rings (SSSR count). The zero-order chi connectivity index (χ0) is 16.9. The first kappa shape index (κ1) is 17.8. The summed E-state index contributed by atoms with van der Waals surface area (Å²) in [6, 6.07) is 12.7. The minimum atomic E-state index is -4.94. The Bertz CT molecular complexity index is 614. The van der Waals surface area contributed by atoms with E-state index in [4.69, 9.17) is 23.1 Å². The summed E-state index contributed by atoms with van der Waals surface area (Å²) < 4.78 is 40.1. The summed E-state index contributed by atoms with van der Waals surface area (Å²) in [7, 11) is -4.94. The summed E-state index contributed by atoms with van der Waals surface area (Å²) in [5.41, 5.74) is 4.16. The second kappa shape index (κ2) is 7.86. The van der Waals surface area contributed by atoms with Gasteiger partial charge in [-0.3, -0.25) is 0 Å². The van der Waals surface area contributed by atoms with Crippen LogP contribution in [0.25, 0.3) is 11.3 Å². The van der Waals surface area contributed by atoms with Crippen molar-refractivity contribution in [1.82, 2.24) is 0 Å². The first-order valence-corrected chi connectivity index (χ1v) is 8.77. The molecule has 2 aromatic rings. The first-order valence-electron chi connectivity index (χ1n) is 7.53. The Morgan fingerprint density at radius 3 is 2.22 bits per heavy atom. The van der Waals surface area contributed by atoms with Gasteiger partial charge in [0.1, 0.15) is 0 Å². The van der Waals surface area contributed by atoms with Gasteiger partial charge >= 0.3 is 11.5 Å². The number of hydrogen-bond acceptors (Lipinski definition) is 4. The van der Waals surface area contributed by atoms with Crippen molar-refractivity contribution in [2.75, 3.05) is 0 Å². The Morgan fingerprint density at radius 1 is 1.00 bits per heavy atom. The SMILES string of the molecule is CCc1[o+]c(-c2ccccc2)cc2c1CCCC2.[O-][Cl+3]([O-])([O-])[O-]. The minimum absolute atomic E-state index is 0.989. The van der Waals surface area contributed by atoms with Crippen molar-refractivity contribution in [3.8, 4) is 11.3 Å². The molecule has 6 heteroatoms. The van der Waals surface area contributed by atoms with E-state index < -0.39 is 10.2 Å². The third-order valence-electron chi connectivity index (χ3n) is 3.77. The van der Waals surface area contributed by atoms with Crippen molar-refractivity contribution >= 4 is 0 Å². The molecule has 23 heavy (non-hydrogen) atoms. The van der Waals surface area contributed by atoms with Gasteiger partial charge in [0.15, 0.2) is 0 Å². The fourth-order valence-corrected chi connectivity index (χ4v) is 2.82. The molecule has 1 aromatic carbocycles. The highest BCUT2D eigenvalue weighted by Crippen LogP contribution is 2.30. The van der Waals surface area contributed by atoms with Crippen LogP contribution in [-0.4, -0.2) is 0 Å².